The summed E-state index contributed by atoms with van der Waals surface area (Å²) in [6.45, 7) is 2.42. The van der Waals surface area contributed by atoms with Crippen LogP contribution in [0.15, 0.2) is 36.9 Å². The molecule has 0 atom stereocenters. The molecule has 0 unspecified atom stereocenters. The molecule has 7 heteroatoms. The molecule has 7 nitrogen and oxygen atoms in total. The lowest BCUT2D eigenvalue weighted by atomic mass is 10.1. The van der Waals surface area contributed by atoms with Crippen molar-refractivity contribution in [1.29, 1.82) is 0 Å². The lowest BCUT2D eigenvalue weighted by molar-refractivity contribution is 0.0248. The van der Waals surface area contributed by atoms with Gasteiger partial charge in [-0.05, 0) is 24.5 Å². The van der Waals surface area contributed by atoms with E-state index in [0.29, 0.717) is 6.61 Å². The average Bonchev–Trinajstić information content (AvgIpc) is 3.09. The number of hydrogen-bond donors (Lipinski definition) is 1. The zero-order valence-electron chi connectivity index (χ0n) is 12.7. The van der Waals surface area contributed by atoms with Gasteiger partial charge in [0.2, 0.25) is 5.95 Å². The van der Waals surface area contributed by atoms with Gasteiger partial charge in [0.25, 0.3) is 0 Å². The van der Waals surface area contributed by atoms with E-state index in [1.54, 1.807) is 12.4 Å². The maximum atomic E-state index is 5.99. The number of anilines is 1. The maximum absolute atomic E-state index is 5.99. The second-order valence-corrected chi connectivity index (χ2v) is 5.70. The molecule has 0 saturated carbocycles. The van der Waals surface area contributed by atoms with E-state index in [0.717, 1.165) is 48.5 Å². The molecule has 4 heterocycles. The van der Waals surface area contributed by atoms with Crippen LogP contribution in [0, 0.1) is 0 Å². The zero-order chi connectivity index (χ0) is 15.5. The van der Waals surface area contributed by atoms with Gasteiger partial charge in [0, 0.05) is 31.7 Å². The monoisotopic (exact) mass is 310 g/mol. The predicted molar refractivity (Wildman–Crippen MR) is 85.9 cm³/mol. The summed E-state index contributed by atoms with van der Waals surface area (Å²) in [4.78, 5) is 15.3. The Hall–Kier alpha value is -2.54. The van der Waals surface area contributed by atoms with Gasteiger partial charge in [0.05, 0.1) is 24.3 Å². The lowest BCUT2D eigenvalue weighted by Gasteiger charge is -2.31. The van der Waals surface area contributed by atoms with Crippen LogP contribution < -0.4 is 4.90 Å². The van der Waals surface area contributed by atoms with Crippen molar-refractivity contribution in [3.63, 3.8) is 0 Å². The smallest absolute Gasteiger partial charge is 0.227 e. The van der Waals surface area contributed by atoms with Crippen LogP contribution in [0.2, 0.25) is 0 Å². The Balaban J connectivity index is 1.33. The van der Waals surface area contributed by atoms with Crippen molar-refractivity contribution in [2.45, 2.75) is 25.6 Å². The average molecular weight is 310 g/mol. The summed E-state index contributed by atoms with van der Waals surface area (Å²) >= 11 is 0. The van der Waals surface area contributed by atoms with Crippen molar-refractivity contribution >= 4 is 17.0 Å². The van der Waals surface area contributed by atoms with E-state index >= 15 is 0 Å². The molecule has 0 radical (unpaired) electrons. The van der Waals surface area contributed by atoms with Crippen LogP contribution in [0.3, 0.4) is 0 Å². The highest BCUT2D eigenvalue weighted by atomic mass is 16.5. The van der Waals surface area contributed by atoms with Crippen LogP contribution in [0.5, 0.6) is 0 Å². The number of fused-ring (bicyclic) bond motifs is 1. The first kappa shape index (κ1) is 14.1. The number of hydrogen-bond acceptors (Lipinski definition) is 6. The Morgan fingerprint density at radius 3 is 2.96 bits per heavy atom. The molecule has 118 valence electrons. The predicted octanol–water partition coefficient (Wildman–Crippen LogP) is 1.93. The molecule has 23 heavy (non-hydrogen) atoms. The second-order valence-electron chi connectivity index (χ2n) is 5.70. The van der Waals surface area contributed by atoms with E-state index < -0.39 is 0 Å². The fourth-order valence-electron chi connectivity index (χ4n) is 2.80. The van der Waals surface area contributed by atoms with Gasteiger partial charge in [0.15, 0.2) is 5.65 Å². The maximum Gasteiger partial charge on any atom is 0.227 e. The van der Waals surface area contributed by atoms with Gasteiger partial charge in [-0.3, -0.25) is 10.1 Å². The Morgan fingerprint density at radius 2 is 2.13 bits per heavy atom. The fraction of sp³-hybridized carbons (Fsp3) is 0.375. The van der Waals surface area contributed by atoms with Gasteiger partial charge in [0.1, 0.15) is 0 Å². The van der Waals surface area contributed by atoms with Crippen LogP contribution in [0.4, 0.5) is 5.95 Å². The Labute approximate surface area is 133 Å². The van der Waals surface area contributed by atoms with E-state index in [1.165, 1.54) is 0 Å². The van der Waals surface area contributed by atoms with Crippen LogP contribution >= 0.6 is 0 Å². The largest absolute Gasteiger partial charge is 0.373 e. The summed E-state index contributed by atoms with van der Waals surface area (Å²) in [5, 5.41) is 7.80. The molecule has 3 aromatic rings. The van der Waals surface area contributed by atoms with Crippen molar-refractivity contribution in [2.24, 2.45) is 0 Å². The molecule has 0 aliphatic carbocycles. The molecule has 4 rings (SSSR count). The Kier molecular flexibility index (Phi) is 3.85. The van der Waals surface area contributed by atoms with E-state index in [2.05, 4.69) is 30.0 Å². The molecule has 0 spiro atoms. The third-order valence-corrected chi connectivity index (χ3v) is 4.11. The second kappa shape index (κ2) is 6.29. The number of nitrogens with zero attached hydrogens (tertiary/aromatic N) is 5. The Bertz CT molecular complexity index is 766. The first-order valence-electron chi connectivity index (χ1n) is 7.80. The van der Waals surface area contributed by atoms with Crippen LogP contribution in [0.1, 0.15) is 18.4 Å². The Morgan fingerprint density at radius 1 is 1.22 bits per heavy atom. The number of nitrogens with one attached hydrogen (secondary N) is 1. The summed E-state index contributed by atoms with van der Waals surface area (Å²) in [5.74, 6) is 0.757. The lowest BCUT2D eigenvalue weighted by Crippen LogP contribution is -2.38. The fourth-order valence-corrected chi connectivity index (χ4v) is 2.80. The molecular formula is C16H18N6O. The van der Waals surface area contributed by atoms with E-state index in [1.807, 2.05) is 24.5 Å². The van der Waals surface area contributed by atoms with Crippen molar-refractivity contribution < 1.29 is 4.74 Å². The minimum Gasteiger partial charge on any atom is -0.373 e. The molecule has 1 aliphatic rings. The van der Waals surface area contributed by atoms with Crippen molar-refractivity contribution in [2.75, 3.05) is 18.0 Å². The molecular weight excluding hydrogens is 292 g/mol. The molecule has 0 bridgehead atoms. The minimum absolute atomic E-state index is 0.280. The molecule has 3 aromatic heterocycles. The molecule has 0 aromatic carbocycles. The first-order valence-corrected chi connectivity index (χ1v) is 7.80. The summed E-state index contributed by atoms with van der Waals surface area (Å²) in [6.07, 6.45) is 9.41. The number of ether oxygens (including phenoxy) is 1. The van der Waals surface area contributed by atoms with Gasteiger partial charge in [-0.2, -0.15) is 10.1 Å². The summed E-state index contributed by atoms with van der Waals surface area (Å²) in [6, 6.07) is 3.97. The minimum atomic E-state index is 0.280. The number of aromatic nitrogens is 5. The topological polar surface area (TPSA) is 79.8 Å². The van der Waals surface area contributed by atoms with Crippen molar-refractivity contribution in [3.8, 4) is 0 Å². The van der Waals surface area contributed by atoms with Gasteiger partial charge in [-0.1, -0.05) is 6.07 Å². The molecule has 1 saturated heterocycles. The van der Waals surface area contributed by atoms with Crippen LogP contribution in [-0.2, 0) is 11.3 Å². The quantitative estimate of drug-likeness (QED) is 0.793. The number of aromatic amines is 1. The highest BCUT2D eigenvalue weighted by Crippen LogP contribution is 2.20. The summed E-state index contributed by atoms with van der Waals surface area (Å²) in [5.41, 5.74) is 1.90. The number of piperidine rings is 1. The van der Waals surface area contributed by atoms with Crippen LogP contribution in [-0.4, -0.2) is 44.3 Å². The van der Waals surface area contributed by atoms with Gasteiger partial charge in [-0.25, -0.2) is 4.98 Å². The summed E-state index contributed by atoms with van der Waals surface area (Å²) < 4.78 is 5.99. The van der Waals surface area contributed by atoms with E-state index in [9.17, 15) is 0 Å². The van der Waals surface area contributed by atoms with Gasteiger partial charge in [-0.15, -0.1) is 0 Å². The van der Waals surface area contributed by atoms with E-state index in [4.69, 9.17) is 4.74 Å². The molecule has 1 fully saturated rings. The first-order chi connectivity index (χ1) is 11.4. The number of H-pyrrole nitrogens is 1. The van der Waals surface area contributed by atoms with Gasteiger partial charge >= 0.3 is 0 Å². The standard InChI is InChI=1S/C16H18N6O/c1-2-12(8-17-5-1)11-23-14-3-6-22(7-4-14)16-18-9-13-10-19-21-15(13)20-16/h1-2,5,8-10,14H,3-4,6-7,11H2,(H,18,19,20,21). The van der Waals surface area contributed by atoms with Crippen molar-refractivity contribution in [1.82, 2.24) is 25.1 Å². The molecule has 1 N–H and O–H groups in total. The highest BCUT2D eigenvalue weighted by Gasteiger charge is 2.21. The van der Waals surface area contributed by atoms with Crippen LogP contribution in [0.25, 0.3) is 11.0 Å². The van der Waals surface area contributed by atoms with E-state index in [-0.39, 0.29) is 6.10 Å². The number of pyridine rings is 1. The summed E-state index contributed by atoms with van der Waals surface area (Å²) in [7, 11) is 0. The third-order valence-electron chi connectivity index (χ3n) is 4.11. The number of rotatable bonds is 4. The SMILES string of the molecule is c1cncc(COC2CCN(c3ncc4cn[nH]c4n3)CC2)c1. The molecule has 0 amide bonds. The van der Waals surface area contributed by atoms with Crippen molar-refractivity contribution in [3.05, 3.63) is 42.5 Å². The highest BCUT2D eigenvalue weighted by molar-refractivity contribution is 5.73. The molecule has 1 aliphatic heterocycles. The van der Waals surface area contributed by atoms with Gasteiger partial charge < -0.3 is 9.64 Å². The third kappa shape index (κ3) is 3.14. The zero-order valence-corrected chi connectivity index (χ0v) is 12.7. The normalized spacial score (nSPS) is 16.1.